The van der Waals surface area contributed by atoms with E-state index in [0.717, 1.165) is 0 Å². The van der Waals surface area contributed by atoms with Crippen molar-refractivity contribution < 1.29 is 23.1 Å². The van der Waals surface area contributed by atoms with E-state index in [1.165, 1.54) is 18.2 Å². The van der Waals surface area contributed by atoms with Crippen molar-refractivity contribution in [2.24, 2.45) is 0 Å². The first kappa shape index (κ1) is 14.8. The van der Waals surface area contributed by atoms with Gasteiger partial charge in [0.15, 0.2) is 0 Å². The van der Waals surface area contributed by atoms with Gasteiger partial charge in [-0.15, -0.1) is 0 Å². The molecule has 0 amide bonds. The van der Waals surface area contributed by atoms with Crippen LogP contribution in [0.1, 0.15) is 11.1 Å². The van der Waals surface area contributed by atoms with Crippen LogP contribution in [-0.4, -0.2) is 30.3 Å². The lowest BCUT2D eigenvalue weighted by Gasteiger charge is -2.24. The zero-order valence-corrected chi connectivity index (χ0v) is 10.0. The molecule has 0 saturated carbocycles. The topological polar surface area (TPSA) is 64.3 Å². The number of hydrogen-bond donors (Lipinski definition) is 1. The molecule has 0 unspecified atom stereocenters. The second-order valence-electron chi connectivity index (χ2n) is 3.98. The molecule has 4 nitrogen and oxygen atoms in total. The van der Waals surface area contributed by atoms with Crippen LogP contribution in [0.25, 0.3) is 0 Å². The van der Waals surface area contributed by atoms with Gasteiger partial charge in [0.05, 0.1) is 11.6 Å². The molecule has 0 radical (unpaired) electrons. The Bertz CT molecular complexity index is 521. The molecule has 1 N–H and O–H groups in total. The summed E-state index contributed by atoms with van der Waals surface area (Å²) in [5.74, 6) is -1.36. The van der Waals surface area contributed by atoms with E-state index >= 15 is 0 Å². The molecule has 0 bridgehead atoms. The molecule has 0 aromatic heterocycles. The number of carboxylic acids is 1. The van der Waals surface area contributed by atoms with Gasteiger partial charge in [0.2, 0.25) is 0 Å². The Morgan fingerprint density at radius 3 is 2.53 bits per heavy atom. The minimum atomic E-state index is -4.50. The molecule has 0 saturated heterocycles. The summed E-state index contributed by atoms with van der Waals surface area (Å²) in [5, 5.41) is 17.4. The number of aliphatic carboxylic acids is 1. The largest absolute Gasteiger partial charge is 0.480 e. The van der Waals surface area contributed by atoms with Crippen molar-refractivity contribution >= 4 is 11.7 Å². The van der Waals surface area contributed by atoms with Gasteiger partial charge in [-0.3, -0.25) is 4.79 Å². The van der Waals surface area contributed by atoms with Gasteiger partial charge in [-0.1, -0.05) is 0 Å². The smallest absolute Gasteiger partial charge is 0.405 e. The maximum absolute atomic E-state index is 12.4. The lowest BCUT2D eigenvalue weighted by molar-refractivity contribution is -0.136. The average Bonchev–Trinajstić information content (AvgIpc) is 2.25. The van der Waals surface area contributed by atoms with Gasteiger partial charge < -0.3 is 10.0 Å². The van der Waals surface area contributed by atoms with Crippen LogP contribution in [0.5, 0.6) is 0 Å². The van der Waals surface area contributed by atoms with Crippen LogP contribution >= 0.6 is 0 Å². The molecule has 0 fully saturated rings. The number of benzene rings is 1. The molecule has 0 spiro atoms. The summed E-state index contributed by atoms with van der Waals surface area (Å²) in [7, 11) is 0. The second kappa shape index (κ2) is 5.61. The van der Waals surface area contributed by atoms with Gasteiger partial charge >= 0.3 is 12.1 Å². The lowest BCUT2D eigenvalue weighted by atomic mass is 10.1. The third kappa shape index (κ3) is 4.50. The van der Waals surface area contributed by atoms with Gasteiger partial charge in [-0.2, -0.15) is 18.4 Å². The van der Waals surface area contributed by atoms with Crippen molar-refractivity contribution in [1.29, 1.82) is 5.26 Å². The number of nitrogens with zero attached hydrogens (tertiary/aromatic N) is 2. The fraction of sp³-hybridized carbons (Fsp3) is 0.333. The number of carboxylic acid groups (broad SMARTS) is 1. The molecule has 1 aromatic rings. The van der Waals surface area contributed by atoms with Gasteiger partial charge in [-0.25, -0.2) is 0 Å². The minimum Gasteiger partial charge on any atom is -0.480 e. The number of nitriles is 1. The molecule has 0 aliphatic carbocycles. The van der Waals surface area contributed by atoms with Gasteiger partial charge in [0, 0.05) is 5.69 Å². The standard InChI is InChI=1S/C12H11F3N2O2/c1-8-4-10(3-2-9(8)5-16)17(6-11(18)19)7-12(13,14)15/h2-4H,6-7H2,1H3,(H,18,19). The molecule has 19 heavy (non-hydrogen) atoms. The van der Waals surface area contributed by atoms with E-state index in [1.54, 1.807) is 6.92 Å². The van der Waals surface area contributed by atoms with E-state index in [1.807, 2.05) is 6.07 Å². The normalized spacial score (nSPS) is 10.9. The molecule has 0 aliphatic rings. The van der Waals surface area contributed by atoms with Crippen LogP contribution < -0.4 is 4.90 Å². The van der Waals surface area contributed by atoms with Crippen molar-refractivity contribution in [2.75, 3.05) is 18.0 Å². The number of anilines is 1. The summed E-state index contributed by atoms with van der Waals surface area (Å²) in [5.41, 5.74) is 0.958. The summed E-state index contributed by atoms with van der Waals surface area (Å²) in [6.07, 6.45) is -4.50. The van der Waals surface area contributed by atoms with Crippen LogP contribution in [0.3, 0.4) is 0 Å². The molecule has 1 aromatic carbocycles. The number of halogens is 3. The van der Waals surface area contributed by atoms with E-state index in [9.17, 15) is 18.0 Å². The average molecular weight is 272 g/mol. The second-order valence-corrected chi connectivity index (χ2v) is 3.98. The SMILES string of the molecule is Cc1cc(N(CC(=O)O)CC(F)(F)F)ccc1C#N. The number of alkyl halides is 3. The van der Waals surface area contributed by atoms with Crippen molar-refractivity contribution in [2.45, 2.75) is 13.1 Å². The highest BCUT2D eigenvalue weighted by atomic mass is 19.4. The van der Waals surface area contributed by atoms with Crippen LogP contribution in [0.15, 0.2) is 18.2 Å². The van der Waals surface area contributed by atoms with Crippen molar-refractivity contribution in [3.05, 3.63) is 29.3 Å². The Labute approximate surface area is 107 Å². The first-order valence-corrected chi connectivity index (χ1v) is 5.27. The van der Waals surface area contributed by atoms with E-state index in [4.69, 9.17) is 10.4 Å². The number of aryl methyl sites for hydroxylation is 1. The fourth-order valence-electron chi connectivity index (χ4n) is 1.59. The molecule has 1 rings (SSSR count). The van der Waals surface area contributed by atoms with Crippen molar-refractivity contribution in [3.63, 3.8) is 0 Å². The zero-order valence-electron chi connectivity index (χ0n) is 10.0. The molecular weight excluding hydrogens is 261 g/mol. The minimum absolute atomic E-state index is 0.122. The third-order valence-electron chi connectivity index (χ3n) is 2.39. The Balaban J connectivity index is 3.07. The highest BCUT2D eigenvalue weighted by Gasteiger charge is 2.31. The molecular formula is C12H11F3N2O2. The number of hydrogen-bond acceptors (Lipinski definition) is 3. The highest BCUT2D eigenvalue weighted by Crippen LogP contribution is 2.24. The first-order chi connectivity index (χ1) is 8.73. The molecule has 0 heterocycles. The van der Waals surface area contributed by atoms with E-state index in [-0.39, 0.29) is 5.69 Å². The third-order valence-corrected chi connectivity index (χ3v) is 2.39. The summed E-state index contributed by atoms with van der Waals surface area (Å²) in [4.78, 5) is 11.3. The Hall–Kier alpha value is -2.23. The van der Waals surface area contributed by atoms with Crippen LogP contribution in [0, 0.1) is 18.3 Å². The predicted molar refractivity (Wildman–Crippen MR) is 61.8 cm³/mol. The predicted octanol–water partition coefficient (Wildman–Crippen LogP) is 2.32. The fourth-order valence-corrected chi connectivity index (χ4v) is 1.59. The number of carbonyl (C=O) groups is 1. The van der Waals surface area contributed by atoms with Crippen molar-refractivity contribution in [1.82, 2.24) is 0 Å². The molecule has 0 atom stereocenters. The quantitative estimate of drug-likeness (QED) is 0.913. The molecule has 7 heteroatoms. The van der Waals surface area contributed by atoms with E-state index in [0.29, 0.717) is 16.0 Å². The monoisotopic (exact) mass is 272 g/mol. The number of rotatable bonds is 4. The Morgan fingerprint density at radius 1 is 1.47 bits per heavy atom. The van der Waals surface area contributed by atoms with Crippen LogP contribution in [-0.2, 0) is 4.79 Å². The van der Waals surface area contributed by atoms with Gasteiger partial charge in [0.1, 0.15) is 13.1 Å². The van der Waals surface area contributed by atoms with E-state index in [2.05, 4.69) is 0 Å². The summed E-state index contributed by atoms with van der Waals surface area (Å²) in [6.45, 7) is -0.538. The van der Waals surface area contributed by atoms with Crippen molar-refractivity contribution in [3.8, 4) is 6.07 Å². The maximum Gasteiger partial charge on any atom is 0.405 e. The first-order valence-electron chi connectivity index (χ1n) is 5.27. The van der Waals surface area contributed by atoms with Crippen LogP contribution in [0.2, 0.25) is 0 Å². The summed E-state index contributed by atoms with van der Waals surface area (Å²) >= 11 is 0. The van der Waals surface area contributed by atoms with E-state index < -0.39 is 25.2 Å². The molecule has 0 aliphatic heterocycles. The maximum atomic E-state index is 12.4. The zero-order chi connectivity index (χ0) is 14.6. The Morgan fingerprint density at radius 2 is 2.11 bits per heavy atom. The molecule has 102 valence electrons. The highest BCUT2D eigenvalue weighted by molar-refractivity contribution is 5.74. The van der Waals surface area contributed by atoms with Crippen LogP contribution in [0.4, 0.5) is 18.9 Å². The van der Waals surface area contributed by atoms with Gasteiger partial charge in [0.25, 0.3) is 0 Å². The lowest BCUT2D eigenvalue weighted by Crippen LogP contribution is -2.38. The summed E-state index contributed by atoms with van der Waals surface area (Å²) < 4.78 is 37.2. The van der Waals surface area contributed by atoms with Gasteiger partial charge in [-0.05, 0) is 30.7 Å². The Kier molecular flexibility index (Phi) is 4.38. The summed E-state index contributed by atoms with van der Waals surface area (Å²) in [6, 6.07) is 5.94.